The zero-order valence-corrected chi connectivity index (χ0v) is 12.0. The second-order valence-corrected chi connectivity index (χ2v) is 5.05. The molecule has 0 saturated carbocycles. The van der Waals surface area contributed by atoms with Gasteiger partial charge in [0.25, 0.3) is 0 Å². The zero-order valence-electron chi connectivity index (χ0n) is 12.0. The van der Waals surface area contributed by atoms with Gasteiger partial charge in [-0.1, -0.05) is 13.8 Å². The first kappa shape index (κ1) is 14.5. The van der Waals surface area contributed by atoms with Crippen LogP contribution in [-0.4, -0.2) is 11.0 Å². The summed E-state index contributed by atoms with van der Waals surface area (Å²) in [5, 5.41) is 3.34. The van der Waals surface area contributed by atoms with Crippen LogP contribution in [0.15, 0.2) is 36.5 Å². The first-order chi connectivity index (χ1) is 9.54. The van der Waals surface area contributed by atoms with Gasteiger partial charge in [-0.2, -0.15) is 0 Å². The zero-order chi connectivity index (χ0) is 14.5. The minimum atomic E-state index is -0.236. The van der Waals surface area contributed by atoms with Crippen molar-refractivity contribution in [1.82, 2.24) is 10.3 Å². The number of hydrogen-bond acceptors (Lipinski definition) is 3. The normalized spacial score (nSPS) is 10.8. The van der Waals surface area contributed by atoms with Crippen LogP contribution < -0.4 is 10.1 Å². The molecule has 0 amide bonds. The van der Waals surface area contributed by atoms with E-state index in [9.17, 15) is 4.39 Å². The summed E-state index contributed by atoms with van der Waals surface area (Å²) in [4.78, 5) is 4.17. The SMILES string of the molecule is Cc1cc(Oc2cc(CNC(C)C)ccn2)ccc1F. The summed E-state index contributed by atoms with van der Waals surface area (Å²) in [6, 6.07) is 8.91. The van der Waals surface area contributed by atoms with Gasteiger partial charge >= 0.3 is 0 Å². The maximum absolute atomic E-state index is 13.2. The van der Waals surface area contributed by atoms with Gasteiger partial charge in [0.15, 0.2) is 0 Å². The Labute approximate surface area is 118 Å². The van der Waals surface area contributed by atoms with E-state index in [2.05, 4.69) is 24.1 Å². The molecule has 2 aromatic rings. The van der Waals surface area contributed by atoms with Gasteiger partial charge in [-0.15, -0.1) is 0 Å². The van der Waals surface area contributed by atoms with Gasteiger partial charge in [0.05, 0.1) is 0 Å². The number of ether oxygens (including phenoxy) is 1. The monoisotopic (exact) mass is 274 g/mol. The van der Waals surface area contributed by atoms with E-state index in [0.29, 0.717) is 23.2 Å². The molecule has 2 rings (SSSR count). The highest BCUT2D eigenvalue weighted by Crippen LogP contribution is 2.22. The Morgan fingerprint density at radius 3 is 2.75 bits per heavy atom. The highest BCUT2D eigenvalue weighted by molar-refractivity contribution is 5.32. The third-order valence-electron chi connectivity index (χ3n) is 2.87. The number of pyridine rings is 1. The number of halogens is 1. The van der Waals surface area contributed by atoms with Crippen molar-refractivity contribution in [3.63, 3.8) is 0 Å². The summed E-state index contributed by atoms with van der Waals surface area (Å²) in [6.45, 7) is 6.66. The molecular formula is C16H19FN2O. The number of hydrogen-bond donors (Lipinski definition) is 1. The molecule has 3 nitrogen and oxygen atoms in total. The maximum atomic E-state index is 13.2. The molecule has 0 aliphatic rings. The Morgan fingerprint density at radius 1 is 1.25 bits per heavy atom. The molecule has 106 valence electrons. The average molecular weight is 274 g/mol. The largest absolute Gasteiger partial charge is 0.439 e. The molecule has 0 aliphatic carbocycles. The topological polar surface area (TPSA) is 34.1 Å². The fourth-order valence-corrected chi connectivity index (χ4v) is 1.74. The van der Waals surface area contributed by atoms with Crippen LogP contribution in [0.5, 0.6) is 11.6 Å². The van der Waals surface area contributed by atoms with Gasteiger partial charge < -0.3 is 10.1 Å². The number of rotatable bonds is 5. The lowest BCUT2D eigenvalue weighted by atomic mass is 10.2. The second-order valence-electron chi connectivity index (χ2n) is 5.05. The van der Waals surface area contributed by atoms with E-state index in [1.807, 2.05) is 12.1 Å². The van der Waals surface area contributed by atoms with Gasteiger partial charge in [-0.3, -0.25) is 0 Å². The van der Waals surface area contributed by atoms with Gasteiger partial charge in [0.1, 0.15) is 11.6 Å². The molecule has 1 heterocycles. The lowest BCUT2D eigenvalue weighted by molar-refractivity contribution is 0.459. The second kappa shape index (κ2) is 6.48. The van der Waals surface area contributed by atoms with E-state index in [1.165, 1.54) is 6.07 Å². The van der Waals surface area contributed by atoms with Crippen LogP contribution in [0.4, 0.5) is 4.39 Å². The minimum Gasteiger partial charge on any atom is -0.439 e. The Kier molecular flexibility index (Phi) is 4.69. The number of aromatic nitrogens is 1. The van der Waals surface area contributed by atoms with Gasteiger partial charge in [-0.05, 0) is 42.3 Å². The highest BCUT2D eigenvalue weighted by atomic mass is 19.1. The molecule has 1 N–H and O–H groups in total. The van der Waals surface area contributed by atoms with E-state index >= 15 is 0 Å². The third kappa shape index (κ3) is 4.03. The van der Waals surface area contributed by atoms with Gasteiger partial charge in [0, 0.05) is 24.8 Å². The number of benzene rings is 1. The van der Waals surface area contributed by atoms with Crippen LogP contribution in [0.2, 0.25) is 0 Å². The van der Waals surface area contributed by atoms with E-state index in [4.69, 9.17) is 4.74 Å². The fraction of sp³-hybridized carbons (Fsp3) is 0.312. The smallest absolute Gasteiger partial charge is 0.219 e. The van der Waals surface area contributed by atoms with Crippen LogP contribution in [0.1, 0.15) is 25.0 Å². The molecule has 4 heteroatoms. The van der Waals surface area contributed by atoms with Crippen LogP contribution in [0, 0.1) is 12.7 Å². The predicted octanol–water partition coefficient (Wildman–Crippen LogP) is 3.82. The van der Waals surface area contributed by atoms with Crippen molar-refractivity contribution in [1.29, 1.82) is 0 Å². The molecule has 0 atom stereocenters. The average Bonchev–Trinajstić information content (AvgIpc) is 2.41. The predicted molar refractivity (Wildman–Crippen MR) is 77.4 cm³/mol. The summed E-state index contributed by atoms with van der Waals surface area (Å²) in [7, 11) is 0. The van der Waals surface area contributed by atoms with Crippen molar-refractivity contribution in [2.45, 2.75) is 33.4 Å². The summed E-state index contributed by atoms with van der Waals surface area (Å²) in [6.07, 6.45) is 1.71. The molecule has 0 spiro atoms. The first-order valence-corrected chi connectivity index (χ1v) is 6.67. The molecule has 0 radical (unpaired) electrons. The van der Waals surface area contributed by atoms with Crippen LogP contribution >= 0.6 is 0 Å². The Hall–Kier alpha value is -1.94. The molecule has 20 heavy (non-hydrogen) atoms. The minimum absolute atomic E-state index is 0.236. The fourth-order valence-electron chi connectivity index (χ4n) is 1.74. The van der Waals surface area contributed by atoms with E-state index in [1.54, 1.807) is 25.3 Å². The molecule has 0 bridgehead atoms. The third-order valence-corrected chi connectivity index (χ3v) is 2.87. The van der Waals surface area contributed by atoms with E-state index < -0.39 is 0 Å². The molecule has 1 aromatic carbocycles. The molecule has 1 aromatic heterocycles. The molecular weight excluding hydrogens is 255 g/mol. The van der Waals surface area contributed by atoms with Crippen molar-refractivity contribution < 1.29 is 9.13 Å². The van der Waals surface area contributed by atoms with Crippen molar-refractivity contribution >= 4 is 0 Å². The molecule has 0 fully saturated rings. The highest BCUT2D eigenvalue weighted by Gasteiger charge is 2.04. The van der Waals surface area contributed by atoms with Gasteiger partial charge in [0.2, 0.25) is 5.88 Å². The maximum Gasteiger partial charge on any atom is 0.219 e. The summed E-state index contributed by atoms with van der Waals surface area (Å²) in [5.74, 6) is 0.865. The van der Waals surface area contributed by atoms with Crippen LogP contribution in [0.25, 0.3) is 0 Å². The quantitative estimate of drug-likeness (QED) is 0.900. The molecule has 0 unspecified atom stereocenters. The summed E-state index contributed by atoms with van der Waals surface area (Å²) >= 11 is 0. The standard InChI is InChI=1S/C16H19FN2O/c1-11(2)19-10-13-6-7-18-16(9-13)20-14-4-5-15(17)12(3)8-14/h4-9,11,19H,10H2,1-3H3. The molecule has 0 saturated heterocycles. The first-order valence-electron chi connectivity index (χ1n) is 6.67. The van der Waals surface area contributed by atoms with Crippen molar-refractivity contribution in [2.75, 3.05) is 0 Å². The van der Waals surface area contributed by atoms with Crippen LogP contribution in [0.3, 0.4) is 0 Å². The number of nitrogens with one attached hydrogen (secondary N) is 1. The summed E-state index contributed by atoms with van der Waals surface area (Å²) < 4.78 is 18.9. The van der Waals surface area contributed by atoms with E-state index in [-0.39, 0.29) is 5.82 Å². The molecule has 0 aliphatic heterocycles. The number of aryl methyl sites for hydroxylation is 1. The Bertz CT molecular complexity index is 584. The Morgan fingerprint density at radius 2 is 2.05 bits per heavy atom. The van der Waals surface area contributed by atoms with Crippen molar-refractivity contribution in [3.8, 4) is 11.6 Å². The van der Waals surface area contributed by atoms with Crippen molar-refractivity contribution in [3.05, 3.63) is 53.5 Å². The van der Waals surface area contributed by atoms with E-state index in [0.717, 1.165) is 12.1 Å². The lowest BCUT2D eigenvalue weighted by Crippen LogP contribution is -2.21. The van der Waals surface area contributed by atoms with Gasteiger partial charge in [-0.25, -0.2) is 9.37 Å². The Balaban J connectivity index is 2.08. The summed E-state index contributed by atoms with van der Waals surface area (Å²) in [5.41, 5.74) is 1.66. The lowest BCUT2D eigenvalue weighted by Gasteiger charge is -2.10. The van der Waals surface area contributed by atoms with Crippen molar-refractivity contribution in [2.24, 2.45) is 0 Å². The van der Waals surface area contributed by atoms with Crippen LogP contribution in [-0.2, 0) is 6.54 Å². The number of nitrogens with zero attached hydrogens (tertiary/aromatic N) is 1.